The van der Waals surface area contributed by atoms with Crippen LogP contribution in [0, 0.1) is 6.92 Å². The van der Waals surface area contributed by atoms with E-state index in [2.05, 4.69) is 21.2 Å². The SMILES string of the molecule is CCOc1ccc(NC(=O)c2sccc2C)cc1CBr. The van der Waals surface area contributed by atoms with Gasteiger partial charge in [-0.2, -0.15) is 0 Å². The highest BCUT2D eigenvalue weighted by atomic mass is 79.9. The molecule has 3 nitrogen and oxygen atoms in total. The Morgan fingerprint density at radius 1 is 1.40 bits per heavy atom. The minimum atomic E-state index is -0.0674. The first-order valence-corrected chi connectivity index (χ1v) is 8.33. The van der Waals surface area contributed by atoms with Crippen LogP contribution in [-0.4, -0.2) is 12.5 Å². The molecule has 1 aromatic heterocycles. The van der Waals surface area contributed by atoms with Crippen molar-refractivity contribution in [3.63, 3.8) is 0 Å². The molecule has 0 radical (unpaired) electrons. The highest BCUT2D eigenvalue weighted by Gasteiger charge is 2.11. The summed E-state index contributed by atoms with van der Waals surface area (Å²) in [4.78, 5) is 12.9. The highest BCUT2D eigenvalue weighted by molar-refractivity contribution is 9.08. The maximum atomic E-state index is 12.2. The molecule has 5 heteroatoms. The third kappa shape index (κ3) is 3.41. The van der Waals surface area contributed by atoms with Gasteiger partial charge in [0.25, 0.3) is 5.91 Å². The molecule has 0 saturated carbocycles. The first-order chi connectivity index (χ1) is 9.65. The number of benzene rings is 1. The molecule has 0 fully saturated rings. The van der Waals surface area contributed by atoms with E-state index in [0.717, 1.165) is 27.4 Å². The smallest absolute Gasteiger partial charge is 0.265 e. The van der Waals surface area contributed by atoms with Gasteiger partial charge in [-0.15, -0.1) is 11.3 Å². The average Bonchev–Trinajstić information content (AvgIpc) is 2.87. The minimum Gasteiger partial charge on any atom is -0.494 e. The number of amides is 1. The Morgan fingerprint density at radius 2 is 2.20 bits per heavy atom. The molecule has 2 aromatic rings. The summed E-state index contributed by atoms with van der Waals surface area (Å²) in [5.74, 6) is 0.775. The van der Waals surface area contributed by atoms with E-state index in [4.69, 9.17) is 4.74 Å². The van der Waals surface area contributed by atoms with Crippen LogP contribution in [0.15, 0.2) is 29.6 Å². The van der Waals surface area contributed by atoms with E-state index in [1.165, 1.54) is 11.3 Å². The normalized spacial score (nSPS) is 10.3. The van der Waals surface area contributed by atoms with Crippen molar-refractivity contribution in [2.75, 3.05) is 11.9 Å². The van der Waals surface area contributed by atoms with E-state index in [-0.39, 0.29) is 5.91 Å². The van der Waals surface area contributed by atoms with E-state index in [0.29, 0.717) is 11.9 Å². The van der Waals surface area contributed by atoms with Crippen molar-refractivity contribution in [3.8, 4) is 5.75 Å². The van der Waals surface area contributed by atoms with Gasteiger partial charge >= 0.3 is 0 Å². The number of aryl methyl sites for hydroxylation is 1. The van der Waals surface area contributed by atoms with Gasteiger partial charge in [0, 0.05) is 16.6 Å². The molecule has 1 amide bonds. The number of anilines is 1. The zero-order valence-corrected chi connectivity index (χ0v) is 13.8. The van der Waals surface area contributed by atoms with Gasteiger partial charge in [-0.05, 0) is 49.1 Å². The number of carbonyl (C=O) groups is 1. The highest BCUT2D eigenvalue weighted by Crippen LogP contribution is 2.26. The van der Waals surface area contributed by atoms with Crippen molar-refractivity contribution in [1.82, 2.24) is 0 Å². The molecule has 0 atom stereocenters. The lowest BCUT2D eigenvalue weighted by Gasteiger charge is -2.11. The number of hydrogen-bond acceptors (Lipinski definition) is 3. The topological polar surface area (TPSA) is 38.3 Å². The zero-order chi connectivity index (χ0) is 14.5. The number of carbonyl (C=O) groups excluding carboxylic acids is 1. The number of nitrogens with one attached hydrogen (secondary N) is 1. The molecule has 0 aliphatic heterocycles. The van der Waals surface area contributed by atoms with Crippen LogP contribution in [0.2, 0.25) is 0 Å². The fourth-order valence-corrected chi connectivity index (χ4v) is 3.11. The summed E-state index contributed by atoms with van der Waals surface area (Å²) in [6.45, 7) is 4.51. The summed E-state index contributed by atoms with van der Waals surface area (Å²) in [6.07, 6.45) is 0. The van der Waals surface area contributed by atoms with Crippen molar-refractivity contribution in [3.05, 3.63) is 45.6 Å². The number of thiophene rings is 1. The van der Waals surface area contributed by atoms with Crippen LogP contribution in [0.25, 0.3) is 0 Å². The van der Waals surface area contributed by atoms with Crippen LogP contribution in [0.1, 0.15) is 27.7 Å². The Morgan fingerprint density at radius 3 is 2.80 bits per heavy atom. The maximum Gasteiger partial charge on any atom is 0.265 e. The molecule has 106 valence electrons. The zero-order valence-electron chi connectivity index (χ0n) is 11.4. The molecule has 0 spiro atoms. The van der Waals surface area contributed by atoms with Gasteiger partial charge < -0.3 is 10.1 Å². The van der Waals surface area contributed by atoms with E-state index < -0.39 is 0 Å². The molecular weight excluding hydrogens is 338 g/mol. The number of alkyl halides is 1. The van der Waals surface area contributed by atoms with Gasteiger partial charge in [0.05, 0.1) is 11.5 Å². The third-order valence-corrected chi connectivity index (χ3v) is 4.45. The summed E-state index contributed by atoms with van der Waals surface area (Å²) in [7, 11) is 0. The average molecular weight is 354 g/mol. The Hall–Kier alpha value is -1.33. The molecule has 0 unspecified atom stereocenters. The van der Waals surface area contributed by atoms with E-state index in [1.54, 1.807) is 0 Å². The molecule has 0 aliphatic carbocycles. The van der Waals surface area contributed by atoms with Gasteiger partial charge in [0.15, 0.2) is 0 Å². The van der Waals surface area contributed by atoms with E-state index >= 15 is 0 Å². The molecule has 0 aliphatic rings. The number of hydrogen-bond donors (Lipinski definition) is 1. The minimum absolute atomic E-state index is 0.0674. The van der Waals surface area contributed by atoms with Gasteiger partial charge in [-0.25, -0.2) is 0 Å². The summed E-state index contributed by atoms with van der Waals surface area (Å²) < 4.78 is 5.54. The summed E-state index contributed by atoms with van der Waals surface area (Å²) >= 11 is 4.89. The lowest BCUT2D eigenvalue weighted by Crippen LogP contribution is -2.11. The first kappa shape index (κ1) is 15.1. The van der Waals surface area contributed by atoms with Crippen LogP contribution in [0.5, 0.6) is 5.75 Å². The predicted molar refractivity (Wildman–Crippen MR) is 87.3 cm³/mol. The lowest BCUT2D eigenvalue weighted by molar-refractivity contribution is 0.103. The van der Waals surface area contributed by atoms with Crippen LogP contribution in [0.3, 0.4) is 0 Å². The van der Waals surface area contributed by atoms with Crippen molar-refractivity contribution in [2.45, 2.75) is 19.2 Å². The quantitative estimate of drug-likeness (QED) is 0.797. The third-order valence-electron chi connectivity index (χ3n) is 2.83. The van der Waals surface area contributed by atoms with Gasteiger partial charge in [0.1, 0.15) is 5.75 Å². The monoisotopic (exact) mass is 353 g/mol. The Labute approximate surface area is 131 Å². The van der Waals surface area contributed by atoms with Gasteiger partial charge in [0.2, 0.25) is 0 Å². The van der Waals surface area contributed by atoms with Gasteiger partial charge in [-0.3, -0.25) is 4.79 Å². The van der Waals surface area contributed by atoms with Crippen molar-refractivity contribution >= 4 is 38.9 Å². The van der Waals surface area contributed by atoms with Crippen molar-refractivity contribution in [1.29, 1.82) is 0 Å². The fourth-order valence-electron chi connectivity index (χ4n) is 1.85. The van der Waals surface area contributed by atoms with Gasteiger partial charge in [-0.1, -0.05) is 15.9 Å². The molecule has 1 heterocycles. The Kier molecular flexibility index (Phi) is 5.20. The number of rotatable bonds is 5. The van der Waals surface area contributed by atoms with Crippen LogP contribution in [-0.2, 0) is 5.33 Å². The fraction of sp³-hybridized carbons (Fsp3) is 0.267. The molecule has 1 aromatic carbocycles. The summed E-state index contributed by atoms with van der Waals surface area (Å²) in [5, 5.41) is 5.53. The summed E-state index contributed by atoms with van der Waals surface area (Å²) in [5.41, 5.74) is 2.80. The summed E-state index contributed by atoms with van der Waals surface area (Å²) in [6, 6.07) is 7.62. The molecule has 20 heavy (non-hydrogen) atoms. The standard InChI is InChI=1S/C15H16BrNO2S/c1-3-19-13-5-4-12(8-11(13)9-16)17-15(18)14-10(2)6-7-20-14/h4-8H,3,9H2,1-2H3,(H,17,18). The van der Waals surface area contributed by atoms with Crippen LogP contribution < -0.4 is 10.1 Å². The molecule has 1 N–H and O–H groups in total. The molecule has 0 bridgehead atoms. The second kappa shape index (κ2) is 6.90. The Balaban J connectivity index is 2.18. The molecule has 0 saturated heterocycles. The number of ether oxygens (including phenoxy) is 1. The second-order valence-corrected chi connectivity index (χ2v) is 5.75. The first-order valence-electron chi connectivity index (χ1n) is 6.32. The lowest BCUT2D eigenvalue weighted by atomic mass is 10.2. The largest absolute Gasteiger partial charge is 0.494 e. The predicted octanol–water partition coefficient (Wildman–Crippen LogP) is 4.60. The second-order valence-electron chi connectivity index (χ2n) is 4.28. The van der Waals surface area contributed by atoms with Crippen molar-refractivity contribution < 1.29 is 9.53 Å². The van der Waals surface area contributed by atoms with E-state index in [1.807, 2.05) is 43.5 Å². The van der Waals surface area contributed by atoms with Crippen molar-refractivity contribution in [2.24, 2.45) is 0 Å². The number of halogens is 1. The molecule has 2 rings (SSSR count). The van der Waals surface area contributed by atoms with Crippen LogP contribution >= 0.6 is 27.3 Å². The Bertz CT molecular complexity index is 610. The maximum absolute atomic E-state index is 12.2. The molecular formula is C15H16BrNO2S. The van der Waals surface area contributed by atoms with Crippen LogP contribution in [0.4, 0.5) is 5.69 Å². The van der Waals surface area contributed by atoms with E-state index in [9.17, 15) is 4.79 Å².